The number of halogens is 1. The molecule has 3 aliphatic rings. The molecule has 43 heavy (non-hydrogen) atoms. The van der Waals surface area contributed by atoms with Gasteiger partial charge in [0, 0.05) is 18.6 Å². The number of hydrogen-bond acceptors (Lipinski definition) is 7. The van der Waals surface area contributed by atoms with Gasteiger partial charge in [0.05, 0.1) is 18.0 Å². The second-order valence-corrected chi connectivity index (χ2v) is 13.9. The largest absolute Gasteiger partial charge is 0.377 e. The number of hydrogen-bond donors (Lipinski definition) is 1. The molecule has 0 bridgehead atoms. The number of amidine groups is 1. The summed E-state index contributed by atoms with van der Waals surface area (Å²) < 4.78 is 40.4. The second kappa shape index (κ2) is 11.7. The fourth-order valence-electron chi connectivity index (χ4n) is 6.49. The van der Waals surface area contributed by atoms with Crippen LogP contribution >= 0.6 is 11.6 Å². The number of aliphatic imine (C=N–C) groups is 1. The Labute approximate surface area is 257 Å². The van der Waals surface area contributed by atoms with E-state index in [2.05, 4.69) is 16.8 Å². The first-order chi connectivity index (χ1) is 20.7. The smallest absolute Gasteiger partial charge is 0.263 e. The highest BCUT2D eigenvalue weighted by molar-refractivity contribution is 7.92. The van der Waals surface area contributed by atoms with Crippen LogP contribution in [0.25, 0.3) is 11.1 Å². The number of unbranched alkanes of at least 4 members (excludes halogenated alkanes) is 1. The standard InChI is InChI=1S/C32H37ClN4O5S/c1-4-6-11-28-34-32(16-22-15-23(22)17-32)31(38)37(28)18-21-12-13-25(24(14-21)19-41-5-2)26-9-7-8-10-27(26)43(39,40)36-30-29(33)20(3)42-35-30/h7-10,12-14,22-23H,4-6,11,15-19H2,1-3H3,(H,35,36)/t22-,23?,32?/m0/s1. The van der Waals surface area contributed by atoms with Gasteiger partial charge < -0.3 is 9.26 Å². The van der Waals surface area contributed by atoms with Crippen LogP contribution in [0.2, 0.25) is 5.02 Å². The molecule has 1 amide bonds. The molecule has 3 aromatic rings. The van der Waals surface area contributed by atoms with Crippen molar-refractivity contribution < 1.29 is 22.5 Å². The Bertz CT molecular complexity index is 1670. The molecular weight excluding hydrogens is 588 g/mol. The maximum Gasteiger partial charge on any atom is 0.263 e. The lowest BCUT2D eigenvalue weighted by atomic mass is 9.93. The quantitative estimate of drug-likeness (QED) is 0.239. The summed E-state index contributed by atoms with van der Waals surface area (Å²) in [5.74, 6) is 2.57. The highest BCUT2D eigenvalue weighted by Gasteiger charge is 2.61. The van der Waals surface area contributed by atoms with Gasteiger partial charge in [0.25, 0.3) is 15.9 Å². The van der Waals surface area contributed by atoms with Crippen LogP contribution < -0.4 is 4.72 Å². The molecule has 2 fully saturated rings. The topological polar surface area (TPSA) is 114 Å². The number of ether oxygens (including phenoxy) is 1. The highest BCUT2D eigenvalue weighted by atomic mass is 35.5. The normalized spacial score (nSPS) is 22.7. The van der Waals surface area contributed by atoms with Gasteiger partial charge in [-0.2, -0.15) is 0 Å². The van der Waals surface area contributed by atoms with Gasteiger partial charge in [0.1, 0.15) is 16.4 Å². The Morgan fingerprint density at radius 2 is 1.91 bits per heavy atom. The molecular formula is C32H37ClN4O5S. The Morgan fingerprint density at radius 3 is 2.60 bits per heavy atom. The van der Waals surface area contributed by atoms with Crippen molar-refractivity contribution in [3.63, 3.8) is 0 Å². The second-order valence-electron chi connectivity index (χ2n) is 11.9. The maximum atomic E-state index is 13.8. The van der Waals surface area contributed by atoms with E-state index in [1.54, 1.807) is 31.2 Å². The van der Waals surface area contributed by atoms with E-state index in [1.807, 2.05) is 30.0 Å². The minimum atomic E-state index is -4.07. The van der Waals surface area contributed by atoms with Gasteiger partial charge in [0.15, 0.2) is 5.76 Å². The van der Waals surface area contributed by atoms with Crippen LogP contribution in [0, 0.1) is 18.8 Å². The summed E-state index contributed by atoms with van der Waals surface area (Å²) in [6.45, 7) is 6.87. The number of sulfonamides is 1. The molecule has 1 N–H and O–H groups in total. The van der Waals surface area contributed by atoms with E-state index in [9.17, 15) is 13.2 Å². The zero-order valence-corrected chi connectivity index (χ0v) is 26.3. The molecule has 2 unspecified atom stereocenters. The molecule has 2 heterocycles. The summed E-state index contributed by atoms with van der Waals surface area (Å²) >= 11 is 6.19. The van der Waals surface area contributed by atoms with Gasteiger partial charge in [-0.25, -0.2) is 8.42 Å². The number of rotatable bonds is 12. The van der Waals surface area contributed by atoms with Crippen LogP contribution in [0.4, 0.5) is 5.82 Å². The molecule has 0 radical (unpaired) electrons. The first kappa shape index (κ1) is 29.8. The average molecular weight is 625 g/mol. The maximum absolute atomic E-state index is 13.8. The predicted molar refractivity (Wildman–Crippen MR) is 165 cm³/mol. The minimum Gasteiger partial charge on any atom is -0.377 e. The third-order valence-corrected chi connectivity index (χ3v) is 10.6. The minimum absolute atomic E-state index is 0.0629. The van der Waals surface area contributed by atoms with E-state index in [1.165, 1.54) is 6.42 Å². The summed E-state index contributed by atoms with van der Waals surface area (Å²) in [4.78, 5) is 20.9. The van der Waals surface area contributed by atoms with Crippen molar-refractivity contribution in [2.24, 2.45) is 16.8 Å². The third kappa shape index (κ3) is 5.72. The first-order valence-corrected chi connectivity index (χ1v) is 16.9. The number of aryl methyl sites for hydroxylation is 1. The summed E-state index contributed by atoms with van der Waals surface area (Å²) in [6.07, 6.45) is 5.78. The van der Waals surface area contributed by atoms with Crippen molar-refractivity contribution in [2.45, 2.75) is 82.9 Å². The number of benzene rings is 2. The van der Waals surface area contributed by atoms with E-state index in [-0.39, 0.29) is 28.3 Å². The molecule has 6 rings (SSSR count). The Balaban J connectivity index is 1.32. The number of nitrogens with zero attached hydrogens (tertiary/aromatic N) is 3. The summed E-state index contributed by atoms with van der Waals surface area (Å²) in [5.41, 5.74) is 2.43. The van der Waals surface area contributed by atoms with Gasteiger partial charge in [-0.3, -0.25) is 19.4 Å². The van der Waals surface area contributed by atoms with Crippen molar-refractivity contribution in [3.8, 4) is 11.1 Å². The number of aromatic nitrogens is 1. The third-order valence-electron chi connectivity index (χ3n) is 8.78. The average Bonchev–Trinajstić information content (AvgIpc) is 3.40. The van der Waals surface area contributed by atoms with Crippen LogP contribution in [0.5, 0.6) is 0 Å². The summed E-state index contributed by atoms with van der Waals surface area (Å²) in [6, 6.07) is 12.7. The van der Waals surface area contributed by atoms with Crippen LogP contribution in [0.3, 0.4) is 0 Å². The van der Waals surface area contributed by atoms with E-state index >= 15 is 0 Å². The Kier molecular flexibility index (Phi) is 8.12. The molecule has 1 spiro atoms. The first-order valence-electron chi connectivity index (χ1n) is 15.0. The van der Waals surface area contributed by atoms with E-state index in [0.29, 0.717) is 36.3 Å². The highest BCUT2D eigenvalue weighted by Crippen LogP contribution is 2.59. The van der Waals surface area contributed by atoms with Crippen LogP contribution in [0.1, 0.15) is 69.3 Å². The van der Waals surface area contributed by atoms with E-state index < -0.39 is 15.6 Å². The monoisotopic (exact) mass is 624 g/mol. The number of carbonyl (C=O) groups excluding carboxylic acids is 1. The lowest BCUT2D eigenvalue weighted by Crippen LogP contribution is -2.41. The van der Waals surface area contributed by atoms with E-state index in [4.69, 9.17) is 25.9 Å². The van der Waals surface area contributed by atoms with Crippen LogP contribution in [0.15, 0.2) is 56.9 Å². The number of carbonyl (C=O) groups is 1. The van der Waals surface area contributed by atoms with Gasteiger partial charge >= 0.3 is 0 Å². The number of anilines is 1. The fraction of sp³-hybridized carbons (Fsp3) is 0.469. The molecule has 2 saturated carbocycles. The van der Waals surface area contributed by atoms with Gasteiger partial charge in [-0.1, -0.05) is 66.5 Å². The number of fused-ring (bicyclic) bond motifs is 1. The van der Waals surface area contributed by atoms with Crippen molar-refractivity contribution >= 4 is 39.2 Å². The van der Waals surface area contributed by atoms with Crippen LogP contribution in [-0.4, -0.2) is 42.4 Å². The zero-order chi connectivity index (χ0) is 30.4. The molecule has 9 nitrogen and oxygen atoms in total. The zero-order valence-electron chi connectivity index (χ0n) is 24.7. The molecule has 1 aliphatic heterocycles. The number of nitrogens with one attached hydrogen (secondary N) is 1. The van der Waals surface area contributed by atoms with Gasteiger partial charge in [-0.05, 0) is 74.1 Å². The lowest BCUT2D eigenvalue weighted by molar-refractivity contribution is -0.131. The molecule has 1 aromatic heterocycles. The predicted octanol–water partition coefficient (Wildman–Crippen LogP) is 6.74. The number of amides is 1. The Hall–Kier alpha value is -3.21. The Morgan fingerprint density at radius 1 is 1.14 bits per heavy atom. The van der Waals surface area contributed by atoms with Crippen molar-refractivity contribution in [1.82, 2.24) is 10.1 Å². The molecule has 2 aromatic carbocycles. The van der Waals surface area contributed by atoms with Crippen molar-refractivity contribution in [3.05, 3.63) is 64.4 Å². The summed E-state index contributed by atoms with van der Waals surface area (Å²) in [7, 11) is -4.07. The lowest BCUT2D eigenvalue weighted by Gasteiger charge is -2.24. The molecule has 228 valence electrons. The molecule has 11 heteroatoms. The van der Waals surface area contributed by atoms with E-state index in [0.717, 1.165) is 54.6 Å². The SMILES string of the molecule is CCCCC1=NC2(CC3C[C@H]3C2)C(=O)N1Cc1ccc(-c2ccccc2S(=O)(=O)Nc2noc(C)c2Cl)c(COCC)c1. The summed E-state index contributed by atoms with van der Waals surface area (Å²) in [5, 5.41) is 3.86. The molecule has 3 atom stereocenters. The van der Waals surface area contributed by atoms with Gasteiger partial charge in [0.2, 0.25) is 5.82 Å². The molecule has 0 saturated heterocycles. The van der Waals surface area contributed by atoms with Crippen molar-refractivity contribution in [2.75, 3.05) is 11.3 Å². The van der Waals surface area contributed by atoms with Crippen LogP contribution in [-0.2, 0) is 32.7 Å². The van der Waals surface area contributed by atoms with Crippen molar-refractivity contribution in [1.29, 1.82) is 0 Å². The molecule has 2 aliphatic carbocycles. The fourth-order valence-corrected chi connectivity index (χ4v) is 7.89. The van der Waals surface area contributed by atoms with Gasteiger partial charge in [-0.15, -0.1) is 0 Å².